The Kier molecular flexibility index (Phi) is 4.65. The van der Waals surface area contributed by atoms with Crippen molar-refractivity contribution >= 4 is 5.82 Å². The predicted octanol–water partition coefficient (Wildman–Crippen LogP) is 0.375. The van der Waals surface area contributed by atoms with Gasteiger partial charge in [-0.15, -0.1) is 5.10 Å². The van der Waals surface area contributed by atoms with E-state index in [0.29, 0.717) is 5.88 Å². The Morgan fingerprint density at radius 3 is 2.65 bits per heavy atom. The molecule has 0 radical (unpaired) electrons. The van der Waals surface area contributed by atoms with Gasteiger partial charge in [0.15, 0.2) is 11.6 Å². The fourth-order valence-corrected chi connectivity index (χ4v) is 2.64. The molecule has 0 aromatic carbocycles. The molecule has 0 spiro atoms. The molecule has 2 aromatic heterocycles. The second-order valence-corrected chi connectivity index (χ2v) is 5.82. The maximum absolute atomic E-state index is 5.14. The Hall–Kier alpha value is -2.29. The van der Waals surface area contributed by atoms with Gasteiger partial charge in [0.05, 0.1) is 32.1 Å². The Morgan fingerprint density at radius 1 is 1.17 bits per heavy atom. The number of aromatic nitrogens is 6. The van der Waals surface area contributed by atoms with Gasteiger partial charge in [-0.2, -0.15) is 4.98 Å². The topological polar surface area (TPSA) is 85.1 Å². The van der Waals surface area contributed by atoms with Crippen molar-refractivity contribution in [3.63, 3.8) is 0 Å². The lowest BCUT2D eigenvalue weighted by Gasteiger charge is -2.34. The van der Waals surface area contributed by atoms with E-state index in [1.165, 1.54) is 0 Å². The molecule has 3 heterocycles. The van der Waals surface area contributed by atoms with E-state index in [0.717, 1.165) is 44.4 Å². The van der Waals surface area contributed by atoms with Crippen molar-refractivity contribution in [3.8, 4) is 5.88 Å². The van der Waals surface area contributed by atoms with Crippen LogP contribution in [0, 0.1) is 0 Å². The van der Waals surface area contributed by atoms with E-state index in [2.05, 4.69) is 49.1 Å². The summed E-state index contributed by atoms with van der Waals surface area (Å²) in [5, 5.41) is 12.0. The first kappa shape index (κ1) is 15.6. The van der Waals surface area contributed by atoms with Crippen molar-refractivity contribution < 1.29 is 4.74 Å². The highest BCUT2D eigenvalue weighted by molar-refractivity contribution is 5.38. The molecule has 1 saturated heterocycles. The van der Waals surface area contributed by atoms with Gasteiger partial charge in [0, 0.05) is 26.2 Å². The van der Waals surface area contributed by atoms with E-state index in [1.807, 2.05) is 4.68 Å². The van der Waals surface area contributed by atoms with Crippen LogP contribution in [0.1, 0.15) is 25.7 Å². The predicted molar refractivity (Wildman–Crippen MR) is 84.3 cm³/mol. The molecule has 2 aromatic rings. The van der Waals surface area contributed by atoms with Gasteiger partial charge < -0.3 is 9.64 Å². The number of hydrogen-bond donors (Lipinski definition) is 0. The number of rotatable bonds is 5. The Labute approximate surface area is 135 Å². The first-order valence-electron chi connectivity index (χ1n) is 7.77. The van der Waals surface area contributed by atoms with Crippen LogP contribution in [-0.2, 0) is 6.54 Å². The van der Waals surface area contributed by atoms with Crippen LogP contribution in [0.5, 0.6) is 5.88 Å². The molecule has 0 amide bonds. The molecule has 9 heteroatoms. The number of ether oxygens (including phenoxy) is 1. The van der Waals surface area contributed by atoms with Crippen molar-refractivity contribution in [2.45, 2.75) is 26.4 Å². The number of piperazine rings is 1. The fraction of sp³-hybridized carbons (Fsp3) is 0.643. The second-order valence-electron chi connectivity index (χ2n) is 5.82. The minimum atomic E-state index is 0.272. The molecule has 0 atom stereocenters. The first-order valence-corrected chi connectivity index (χ1v) is 7.77. The molecule has 3 rings (SSSR count). The number of nitrogens with zero attached hydrogens (tertiary/aromatic N) is 8. The lowest BCUT2D eigenvalue weighted by Crippen LogP contribution is -2.46. The van der Waals surface area contributed by atoms with Crippen molar-refractivity contribution in [2.24, 2.45) is 0 Å². The van der Waals surface area contributed by atoms with Crippen molar-refractivity contribution in [3.05, 3.63) is 18.2 Å². The largest absolute Gasteiger partial charge is 0.480 e. The third-order valence-corrected chi connectivity index (χ3v) is 3.92. The van der Waals surface area contributed by atoms with Crippen molar-refractivity contribution in [2.75, 3.05) is 38.2 Å². The van der Waals surface area contributed by atoms with Crippen molar-refractivity contribution in [1.82, 2.24) is 35.1 Å². The third-order valence-electron chi connectivity index (χ3n) is 3.92. The van der Waals surface area contributed by atoms with Crippen molar-refractivity contribution in [1.29, 1.82) is 0 Å². The van der Waals surface area contributed by atoms with Gasteiger partial charge >= 0.3 is 0 Å². The molecule has 0 unspecified atom stereocenters. The number of methoxy groups -OCH3 is 1. The summed E-state index contributed by atoms with van der Waals surface area (Å²) >= 11 is 0. The number of anilines is 1. The average molecular weight is 318 g/mol. The molecule has 23 heavy (non-hydrogen) atoms. The maximum Gasteiger partial charge on any atom is 0.233 e. The Bertz CT molecular complexity index is 635. The quantitative estimate of drug-likeness (QED) is 0.782. The minimum Gasteiger partial charge on any atom is -0.480 e. The van der Waals surface area contributed by atoms with E-state index >= 15 is 0 Å². The third kappa shape index (κ3) is 3.55. The molecule has 1 aliphatic rings. The van der Waals surface area contributed by atoms with E-state index < -0.39 is 0 Å². The second kappa shape index (κ2) is 6.86. The van der Waals surface area contributed by atoms with Crippen LogP contribution in [0.15, 0.2) is 12.4 Å². The summed E-state index contributed by atoms with van der Waals surface area (Å²) in [7, 11) is 1.60. The van der Waals surface area contributed by atoms with Crippen LogP contribution >= 0.6 is 0 Å². The smallest absolute Gasteiger partial charge is 0.233 e. The van der Waals surface area contributed by atoms with Crippen LogP contribution < -0.4 is 9.64 Å². The Morgan fingerprint density at radius 2 is 1.96 bits per heavy atom. The molecule has 0 aliphatic carbocycles. The molecule has 1 aliphatic heterocycles. The first-order chi connectivity index (χ1) is 11.2. The van der Waals surface area contributed by atoms with Gasteiger partial charge in [0.25, 0.3) is 0 Å². The summed E-state index contributed by atoms with van der Waals surface area (Å²) in [6.45, 7) is 8.59. The lowest BCUT2D eigenvalue weighted by atomic mass is 10.3. The maximum atomic E-state index is 5.14. The SMILES string of the molecule is COc1cncc(N2CCN(Cc3nnnn3C(C)C)CC2)n1. The zero-order chi connectivity index (χ0) is 16.2. The van der Waals surface area contributed by atoms with Gasteiger partial charge in [-0.3, -0.25) is 9.88 Å². The summed E-state index contributed by atoms with van der Waals surface area (Å²) in [6.07, 6.45) is 3.39. The molecule has 124 valence electrons. The summed E-state index contributed by atoms with van der Waals surface area (Å²) in [5.41, 5.74) is 0. The van der Waals surface area contributed by atoms with Gasteiger partial charge in [0.2, 0.25) is 5.88 Å². The summed E-state index contributed by atoms with van der Waals surface area (Å²) in [6, 6.07) is 0.272. The van der Waals surface area contributed by atoms with Crippen LogP contribution in [0.3, 0.4) is 0 Å². The molecule has 9 nitrogen and oxygen atoms in total. The normalized spacial score (nSPS) is 16.1. The van der Waals surface area contributed by atoms with Gasteiger partial charge in [-0.05, 0) is 24.3 Å². The van der Waals surface area contributed by atoms with Gasteiger partial charge in [0.1, 0.15) is 0 Å². The molecular weight excluding hydrogens is 296 g/mol. The molecular formula is C14H22N8O. The van der Waals surface area contributed by atoms with Gasteiger partial charge in [-0.25, -0.2) is 4.68 Å². The monoisotopic (exact) mass is 318 g/mol. The van der Waals surface area contributed by atoms with Crippen LogP contribution in [0.4, 0.5) is 5.82 Å². The van der Waals surface area contributed by atoms with Gasteiger partial charge in [-0.1, -0.05) is 0 Å². The average Bonchev–Trinajstić information content (AvgIpc) is 3.04. The zero-order valence-corrected chi connectivity index (χ0v) is 13.8. The Balaban J connectivity index is 1.59. The molecule has 1 fully saturated rings. The summed E-state index contributed by atoms with van der Waals surface area (Å²) < 4.78 is 7.01. The summed E-state index contributed by atoms with van der Waals surface area (Å²) in [5.74, 6) is 2.31. The standard InChI is InChI=1S/C14H22N8O/c1-11(2)22-13(17-18-19-22)10-20-4-6-21(7-5-20)12-8-15-9-14(16-12)23-3/h8-9,11H,4-7,10H2,1-3H3. The molecule has 0 saturated carbocycles. The lowest BCUT2D eigenvalue weighted by molar-refractivity contribution is 0.236. The van der Waals surface area contributed by atoms with E-state index in [-0.39, 0.29) is 6.04 Å². The van der Waals surface area contributed by atoms with Crippen LogP contribution in [0.25, 0.3) is 0 Å². The van der Waals surface area contributed by atoms with E-state index in [9.17, 15) is 0 Å². The number of hydrogen-bond acceptors (Lipinski definition) is 8. The summed E-state index contributed by atoms with van der Waals surface area (Å²) in [4.78, 5) is 13.2. The van der Waals surface area contributed by atoms with E-state index in [4.69, 9.17) is 4.74 Å². The highest BCUT2D eigenvalue weighted by Crippen LogP contribution is 2.16. The molecule has 0 bridgehead atoms. The molecule has 0 N–H and O–H groups in total. The number of tetrazole rings is 1. The van der Waals surface area contributed by atoms with Crippen LogP contribution in [0.2, 0.25) is 0 Å². The zero-order valence-electron chi connectivity index (χ0n) is 13.8. The highest BCUT2D eigenvalue weighted by atomic mass is 16.5. The van der Waals surface area contributed by atoms with Crippen LogP contribution in [-0.4, -0.2) is 68.4 Å². The highest BCUT2D eigenvalue weighted by Gasteiger charge is 2.21. The fourth-order valence-electron chi connectivity index (χ4n) is 2.64. The minimum absolute atomic E-state index is 0.272. The van der Waals surface area contributed by atoms with E-state index in [1.54, 1.807) is 19.5 Å².